The zero-order valence-electron chi connectivity index (χ0n) is 67.9. The van der Waals surface area contributed by atoms with Crippen molar-refractivity contribution in [1.29, 1.82) is 0 Å². The summed E-state index contributed by atoms with van der Waals surface area (Å²) < 4.78 is 43.4. The minimum Gasteiger partial charge on any atom is -0.481 e. The molecule has 0 saturated heterocycles. The molecule has 0 aliphatic heterocycles. The van der Waals surface area contributed by atoms with Gasteiger partial charge in [0, 0.05) is 125 Å². The molecule has 33 nitrogen and oxygen atoms in total. The number of ether oxygens (including phenoxy) is 8. The van der Waals surface area contributed by atoms with Gasteiger partial charge in [-0.1, -0.05) is 89.9 Å². The number of carbonyl (C=O) groups excluding carboxylic acids is 11. The summed E-state index contributed by atoms with van der Waals surface area (Å²) in [5.74, 6) is -8.93. The van der Waals surface area contributed by atoms with Crippen LogP contribution in [0.25, 0.3) is 0 Å². The van der Waals surface area contributed by atoms with Crippen LogP contribution in [-0.2, 0) is 110 Å². The van der Waals surface area contributed by atoms with Gasteiger partial charge in [0.2, 0.25) is 29.5 Å². The SMILES string of the molecule is CC(=O)[C@H](CCCCNC(=O)COCCOCCNC(=O)COCCOCCCC(=O)CC[C@H](NC(=O)CCCCCCCCCCC(=O)O)C(=O)O)CC(=O)[C@H](CCCCNC(=O)COCCOCCCC(=O)COCCOCCNC(=O)CC[C@H](CC(=O)CCCCCCCCCCC(=O)O)C(=O)O)CC(=O)C(C)(C)N.[HH].[HH]. The topological polar surface area (TPSA) is 497 Å². The van der Waals surface area contributed by atoms with Crippen molar-refractivity contribution in [3.05, 3.63) is 0 Å². The van der Waals surface area contributed by atoms with Gasteiger partial charge in [0.05, 0.1) is 77.5 Å². The van der Waals surface area contributed by atoms with E-state index in [4.69, 9.17) is 53.8 Å². The van der Waals surface area contributed by atoms with Crippen LogP contribution in [0.5, 0.6) is 0 Å². The van der Waals surface area contributed by atoms with E-state index in [1.165, 1.54) is 6.92 Å². The van der Waals surface area contributed by atoms with Crippen LogP contribution in [0.3, 0.4) is 0 Å². The molecule has 0 aliphatic carbocycles. The van der Waals surface area contributed by atoms with Gasteiger partial charge in [-0.3, -0.25) is 67.1 Å². The van der Waals surface area contributed by atoms with Gasteiger partial charge in [-0.2, -0.15) is 0 Å². The molecule has 0 radical (unpaired) electrons. The van der Waals surface area contributed by atoms with Crippen molar-refractivity contribution in [2.24, 2.45) is 23.5 Å². The highest BCUT2D eigenvalue weighted by Crippen LogP contribution is 2.25. The van der Waals surface area contributed by atoms with Gasteiger partial charge in [-0.15, -0.1) is 0 Å². The average Bonchev–Trinajstić information content (AvgIpc) is 0.869. The lowest BCUT2D eigenvalue weighted by Gasteiger charge is -2.23. The fourth-order valence-electron chi connectivity index (χ4n) is 11.6. The van der Waals surface area contributed by atoms with E-state index in [-0.39, 0.29) is 256 Å². The minimum atomic E-state index is -1.20. The van der Waals surface area contributed by atoms with Crippen molar-refractivity contribution in [3.63, 3.8) is 0 Å². The van der Waals surface area contributed by atoms with Gasteiger partial charge >= 0.3 is 23.9 Å². The van der Waals surface area contributed by atoms with E-state index in [2.05, 4.69) is 26.6 Å². The Morgan fingerprint density at radius 3 is 1.15 bits per heavy atom. The molecule has 0 rings (SSSR count). The number of amides is 5. The zero-order valence-corrected chi connectivity index (χ0v) is 67.9. The van der Waals surface area contributed by atoms with Gasteiger partial charge in [-0.05, 0) is 97.8 Å². The Labute approximate surface area is 670 Å². The van der Waals surface area contributed by atoms with Crippen LogP contribution in [0.15, 0.2) is 0 Å². The lowest BCUT2D eigenvalue weighted by atomic mass is 9.82. The Bertz CT molecular complexity index is 2730. The summed E-state index contributed by atoms with van der Waals surface area (Å²) in [5, 5.41) is 49.9. The lowest BCUT2D eigenvalue weighted by molar-refractivity contribution is -0.144. The number of aliphatic carboxylic acids is 4. The number of carboxylic acid groups (broad SMARTS) is 4. The molecule has 0 aromatic carbocycles. The maximum absolute atomic E-state index is 13.7. The summed E-state index contributed by atoms with van der Waals surface area (Å²) in [6, 6.07) is -1.16. The molecule has 0 aliphatic rings. The minimum absolute atomic E-state index is 0. The van der Waals surface area contributed by atoms with Gasteiger partial charge in [-0.25, -0.2) is 4.79 Å². The number of nitrogens with two attached hydrogens (primary N) is 1. The van der Waals surface area contributed by atoms with Crippen LogP contribution >= 0.6 is 0 Å². The van der Waals surface area contributed by atoms with Crippen molar-refractivity contribution in [2.45, 2.75) is 270 Å². The Balaban J connectivity index is -0.0000627. The van der Waals surface area contributed by atoms with E-state index < -0.39 is 53.2 Å². The maximum atomic E-state index is 13.7. The average molecular weight is 1620 g/mol. The molecule has 11 N–H and O–H groups in total. The number of unbranched alkanes of at least 4 members (excludes halogenated alkanes) is 16. The summed E-state index contributed by atoms with van der Waals surface area (Å²) in [6.45, 7) is 7.08. The highest BCUT2D eigenvalue weighted by molar-refractivity contribution is 5.94. The zero-order chi connectivity index (χ0) is 84.0. The maximum Gasteiger partial charge on any atom is 0.326 e. The smallest absolute Gasteiger partial charge is 0.326 e. The van der Waals surface area contributed by atoms with Crippen LogP contribution in [0.4, 0.5) is 0 Å². The van der Waals surface area contributed by atoms with Crippen molar-refractivity contribution in [2.75, 3.05) is 132 Å². The molecule has 5 amide bonds. The molecule has 654 valence electrons. The molecule has 0 unspecified atom stereocenters. The number of carbonyl (C=O) groups is 15. The predicted octanol–water partition coefficient (Wildman–Crippen LogP) is 7.35. The number of rotatable bonds is 84. The van der Waals surface area contributed by atoms with E-state index >= 15 is 0 Å². The summed E-state index contributed by atoms with van der Waals surface area (Å²) >= 11 is 0. The standard InChI is InChI=1S/C80H138N6O27.2H2/c1-61(87)62(26-20-22-38-82-74(96)59-113-53-49-109-45-41-85-75(97)60-112-52-46-106-42-24-29-65(88)35-36-68(79(104)105)86-72(94)31-17-13-9-5-7-11-15-19-33-77(100)101)55-69(91)63(56-70(92)80(2,3)81)27-21-23-39-83-73(95)58-111-51-47-107-43-25-30-67(90)57-110-50-48-108-44-40-84-71(93)37-34-64(78(102)103)54-66(89)28-16-12-8-4-6-10-14-18-32-76(98)99;;/h62-64,68H,4-60,81H2,1-3H3,(H,82,96)(H,83,95)(H,84,93)(H,85,97)(H,86,94)(H,98,99)(H,100,101)(H,102,103)(H,104,105);2*1H/t62-,63-,64-,68+;;/m1../s1. The Kier molecular flexibility index (Phi) is 66.9. The Morgan fingerprint density at radius 1 is 0.319 bits per heavy atom. The molecule has 0 fully saturated rings. The Morgan fingerprint density at radius 2 is 0.708 bits per heavy atom. The highest BCUT2D eigenvalue weighted by atomic mass is 16.5. The summed E-state index contributed by atoms with van der Waals surface area (Å²) in [5.41, 5.74) is 4.92. The van der Waals surface area contributed by atoms with Crippen LogP contribution in [-0.4, -0.2) is 252 Å². The van der Waals surface area contributed by atoms with Crippen LogP contribution in [0.2, 0.25) is 0 Å². The normalized spacial score (nSPS) is 12.4. The first kappa shape index (κ1) is 106. The van der Waals surface area contributed by atoms with Gasteiger partial charge < -0.3 is 90.6 Å². The number of hydrogen-bond acceptors (Lipinski definition) is 24. The first-order valence-corrected chi connectivity index (χ1v) is 40.9. The largest absolute Gasteiger partial charge is 0.481 e. The van der Waals surface area contributed by atoms with Crippen molar-refractivity contribution < 1.29 is 133 Å². The van der Waals surface area contributed by atoms with E-state index in [0.717, 1.165) is 77.0 Å². The third-order valence-electron chi connectivity index (χ3n) is 18.3. The Hall–Kier alpha value is -7.11. The van der Waals surface area contributed by atoms with Crippen LogP contribution < -0.4 is 32.3 Å². The molecule has 0 spiro atoms. The predicted molar refractivity (Wildman–Crippen MR) is 421 cm³/mol. The number of nitrogens with one attached hydrogen (secondary N) is 5. The first-order valence-electron chi connectivity index (χ1n) is 40.9. The third kappa shape index (κ3) is 69.0. The molecule has 0 heterocycles. The first-order chi connectivity index (χ1) is 54.1. The summed E-state index contributed by atoms with van der Waals surface area (Å²) in [7, 11) is 0. The fourth-order valence-corrected chi connectivity index (χ4v) is 11.6. The molecular weight excluding hydrogens is 1480 g/mol. The molecule has 0 aromatic rings. The number of carboxylic acids is 4. The van der Waals surface area contributed by atoms with Crippen molar-refractivity contribution in [1.82, 2.24) is 26.6 Å². The monoisotopic (exact) mass is 1620 g/mol. The highest BCUT2D eigenvalue weighted by Gasteiger charge is 2.31. The van der Waals surface area contributed by atoms with E-state index in [0.29, 0.717) is 103 Å². The van der Waals surface area contributed by atoms with Gasteiger partial charge in [0.25, 0.3) is 0 Å². The number of ketones is 6. The lowest BCUT2D eigenvalue weighted by Crippen LogP contribution is -2.43. The molecule has 33 heteroatoms. The van der Waals surface area contributed by atoms with Crippen LogP contribution in [0, 0.1) is 17.8 Å². The summed E-state index contributed by atoms with van der Waals surface area (Å²) in [4.78, 5) is 183. The van der Waals surface area contributed by atoms with Crippen molar-refractivity contribution in [3.8, 4) is 0 Å². The van der Waals surface area contributed by atoms with Crippen molar-refractivity contribution >= 4 is 88.1 Å². The molecule has 0 saturated carbocycles. The van der Waals surface area contributed by atoms with E-state index in [1.807, 2.05) is 0 Å². The molecule has 0 aromatic heterocycles. The second-order valence-electron chi connectivity index (χ2n) is 29.1. The fraction of sp³-hybridized carbons (Fsp3) is 0.812. The quantitative estimate of drug-likeness (QED) is 0.0266. The second kappa shape index (κ2) is 71.4. The van der Waals surface area contributed by atoms with Gasteiger partial charge in [0.1, 0.15) is 55.6 Å². The van der Waals surface area contributed by atoms with Crippen LogP contribution in [0.1, 0.15) is 261 Å². The molecule has 113 heavy (non-hydrogen) atoms. The second-order valence-corrected chi connectivity index (χ2v) is 29.1. The van der Waals surface area contributed by atoms with E-state index in [9.17, 15) is 82.1 Å². The number of Topliss-reactive ketones (excluding diaryl/α,β-unsaturated/α-hetero) is 6. The third-order valence-corrected chi connectivity index (χ3v) is 18.3. The molecular formula is C80H142N6O27. The molecule has 4 atom stereocenters. The van der Waals surface area contributed by atoms with Gasteiger partial charge in [0.15, 0.2) is 11.6 Å². The summed E-state index contributed by atoms with van der Waals surface area (Å²) in [6.07, 6.45) is 18.7. The molecule has 0 bridgehead atoms. The van der Waals surface area contributed by atoms with E-state index in [1.54, 1.807) is 13.8 Å². The number of hydrogen-bond donors (Lipinski definition) is 10.